The normalized spacial score (nSPS) is 9.59. The molecule has 0 fully saturated rings. The molecule has 0 bridgehead atoms. The molecule has 1 amide bonds. The fourth-order valence-corrected chi connectivity index (χ4v) is 1.42. The van der Waals surface area contributed by atoms with Gasteiger partial charge in [-0.3, -0.25) is 4.79 Å². The van der Waals surface area contributed by atoms with Crippen LogP contribution in [0.4, 0.5) is 5.69 Å². The third-order valence-electron chi connectivity index (χ3n) is 2.14. The maximum atomic E-state index is 11.4. The number of carbonyl (C=O) groups is 2. The first-order chi connectivity index (χ1) is 7.90. The number of amides is 1. The summed E-state index contributed by atoms with van der Waals surface area (Å²) in [4.78, 5) is 22.3. The van der Waals surface area contributed by atoms with Crippen LogP contribution in [0.3, 0.4) is 0 Å². The molecule has 0 saturated carbocycles. The van der Waals surface area contributed by atoms with Gasteiger partial charge in [-0.05, 0) is 44.5 Å². The molecule has 1 aromatic rings. The van der Waals surface area contributed by atoms with E-state index in [1.165, 1.54) is 12.1 Å². The van der Waals surface area contributed by atoms with Gasteiger partial charge in [-0.25, -0.2) is 4.79 Å². The molecule has 4 nitrogen and oxygen atoms in total. The van der Waals surface area contributed by atoms with Gasteiger partial charge in [-0.2, -0.15) is 0 Å². The summed E-state index contributed by atoms with van der Waals surface area (Å²) in [5.41, 5.74) is 2.36. The molecule has 0 saturated heterocycles. The lowest BCUT2D eigenvalue weighted by atomic mass is 10.1. The molecule has 90 valence electrons. The summed E-state index contributed by atoms with van der Waals surface area (Å²) in [5.74, 6) is -1.18. The number of anilines is 1. The van der Waals surface area contributed by atoms with Crippen LogP contribution >= 0.6 is 0 Å². The van der Waals surface area contributed by atoms with E-state index in [2.05, 4.69) is 5.32 Å². The van der Waals surface area contributed by atoms with Crippen LogP contribution in [0.25, 0.3) is 0 Å². The van der Waals surface area contributed by atoms with Gasteiger partial charge < -0.3 is 10.4 Å². The zero-order valence-electron chi connectivity index (χ0n) is 10.1. The average Bonchev–Trinajstić information content (AvgIpc) is 2.15. The van der Waals surface area contributed by atoms with Gasteiger partial charge in [-0.15, -0.1) is 0 Å². The zero-order valence-corrected chi connectivity index (χ0v) is 10.1. The monoisotopic (exact) mass is 233 g/mol. The average molecular weight is 233 g/mol. The number of aromatic carboxylic acids is 1. The number of carbonyl (C=O) groups excluding carboxylic acids is 1. The van der Waals surface area contributed by atoms with Crippen molar-refractivity contribution in [3.8, 4) is 0 Å². The summed E-state index contributed by atoms with van der Waals surface area (Å²) in [6.45, 7) is 5.36. The number of carboxylic acid groups (broad SMARTS) is 1. The number of allylic oxidation sites excluding steroid dienone is 1. The Labute approximate surface area is 100.0 Å². The maximum Gasteiger partial charge on any atom is 0.335 e. The lowest BCUT2D eigenvalue weighted by Gasteiger charge is -2.06. The van der Waals surface area contributed by atoms with E-state index in [1.54, 1.807) is 19.1 Å². The number of hydrogen-bond acceptors (Lipinski definition) is 2. The van der Waals surface area contributed by atoms with Gasteiger partial charge >= 0.3 is 5.97 Å². The Balaban J connectivity index is 2.88. The van der Waals surface area contributed by atoms with Gasteiger partial charge in [0.05, 0.1) is 5.56 Å². The van der Waals surface area contributed by atoms with Crippen molar-refractivity contribution in [1.82, 2.24) is 0 Å². The molecule has 0 atom stereocenters. The molecule has 0 aliphatic carbocycles. The first-order valence-corrected chi connectivity index (χ1v) is 5.20. The standard InChI is InChI=1S/C13H15NO3/c1-8(2)6-12(15)14-10-4-5-11(13(16)17)9(3)7-10/h4-7H,1-3H3,(H,14,15)(H,16,17). The Kier molecular flexibility index (Phi) is 4.04. The van der Waals surface area contributed by atoms with Crippen molar-refractivity contribution in [2.45, 2.75) is 20.8 Å². The molecule has 1 aromatic carbocycles. The predicted octanol–water partition coefficient (Wildman–Crippen LogP) is 2.60. The van der Waals surface area contributed by atoms with Crippen molar-refractivity contribution in [3.63, 3.8) is 0 Å². The minimum Gasteiger partial charge on any atom is -0.478 e. The number of rotatable bonds is 3. The topological polar surface area (TPSA) is 66.4 Å². The Morgan fingerprint density at radius 2 is 1.94 bits per heavy atom. The zero-order chi connectivity index (χ0) is 13.0. The van der Waals surface area contributed by atoms with Crippen LogP contribution in [0.5, 0.6) is 0 Å². The van der Waals surface area contributed by atoms with Crippen LogP contribution in [0, 0.1) is 6.92 Å². The third kappa shape index (κ3) is 3.75. The number of hydrogen-bond donors (Lipinski definition) is 2. The van der Waals surface area contributed by atoms with E-state index < -0.39 is 5.97 Å². The van der Waals surface area contributed by atoms with Crippen molar-refractivity contribution in [2.24, 2.45) is 0 Å². The van der Waals surface area contributed by atoms with Crippen molar-refractivity contribution in [2.75, 3.05) is 5.32 Å². The fourth-order valence-electron chi connectivity index (χ4n) is 1.42. The Morgan fingerprint density at radius 3 is 2.41 bits per heavy atom. The molecule has 0 aromatic heterocycles. The summed E-state index contributed by atoms with van der Waals surface area (Å²) in [7, 11) is 0. The van der Waals surface area contributed by atoms with E-state index in [1.807, 2.05) is 13.8 Å². The van der Waals surface area contributed by atoms with Gasteiger partial charge in [-0.1, -0.05) is 5.57 Å². The maximum absolute atomic E-state index is 11.4. The number of carboxylic acids is 1. The summed E-state index contributed by atoms with van der Waals surface area (Å²) in [5, 5.41) is 11.5. The van der Waals surface area contributed by atoms with Gasteiger partial charge in [0.15, 0.2) is 0 Å². The quantitative estimate of drug-likeness (QED) is 0.788. The van der Waals surface area contributed by atoms with E-state index in [0.717, 1.165) is 5.57 Å². The SMILES string of the molecule is CC(C)=CC(=O)Nc1ccc(C(=O)O)c(C)c1. The lowest BCUT2D eigenvalue weighted by Crippen LogP contribution is -2.09. The second-order valence-electron chi connectivity index (χ2n) is 4.05. The Hall–Kier alpha value is -2.10. The fraction of sp³-hybridized carbons (Fsp3) is 0.231. The second-order valence-corrected chi connectivity index (χ2v) is 4.05. The third-order valence-corrected chi connectivity index (χ3v) is 2.14. The summed E-state index contributed by atoms with van der Waals surface area (Å²) >= 11 is 0. The van der Waals surface area contributed by atoms with Crippen LogP contribution in [0.1, 0.15) is 29.8 Å². The summed E-state index contributed by atoms with van der Waals surface area (Å²) in [6, 6.07) is 4.70. The summed E-state index contributed by atoms with van der Waals surface area (Å²) < 4.78 is 0. The highest BCUT2D eigenvalue weighted by Gasteiger charge is 2.07. The molecule has 4 heteroatoms. The summed E-state index contributed by atoms with van der Waals surface area (Å²) in [6.07, 6.45) is 1.49. The second kappa shape index (κ2) is 5.30. The number of benzene rings is 1. The predicted molar refractivity (Wildman–Crippen MR) is 66.2 cm³/mol. The van der Waals surface area contributed by atoms with E-state index in [4.69, 9.17) is 5.11 Å². The molecule has 0 heterocycles. The van der Waals surface area contributed by atoms with Gasteiger partial charge in [0.1, 0.15) is 0 Å². The van der Waals surface area contributed by atoms with Gasteiger partial charge in [0, 0.05) is 11.8 Å². The molecule has 1 rings (SSSR count). The molecule has 0 unspecified atom stereocenters. The molecule has 0 aliphatic heterocycles. The van der Waals surface area contributed by atoms with Crippen molar-refractivity contribution in [3.05, 3.63) is 41.0 Å². The highest BCUT2D eigenvalue weighted by molar-refractivity contribution is 6.00. The van der Waals surface area contributed by atoms with Crippen LogP contribution in [-0.2, 0) is 4.79 Å². The highest BCUT2D eigenvalue weighted by Crippen LogP contribution is 2.15. The molecule has 0 spiro atoms. The van der Waals surface area contributed by atoms with Crippen LogP contribution < -0.4 is 5.32 Å². The molecule has 0 radical (unpaired) electrons. The highest BCUT2D eigenvalue weighted by atomic mass is 16.4. The minimum atomic E-state index is -0.968. The Morgan fingerprint density at radius 1 is 1.29 bits per heavy atom. The van der Waals surface area contributed by atoms with E-state index in [-0.39, 0.29) is 11.5 Å². The molecular weight excluding hydrogens is 218 g/mol. The molecule has 0 aliphatic rings. The number of aryl methyl sites for hydroxylation is 1. The molecular formula is C13H15NO3. The van der Waals surface area contributed by atoms with Crippen molar-refractivity contribution >= 4 is 17.6 Å². The first kappa shape index (κ1) is 13.0. The van der Waals surface area contributed by atoms with Crippen LogP contribution in [0.15, 0.2) is 29.8 Å². The van der Waals surface area contributed by atoms with Gasteiger partial charge in [0.2, 0.25) is 5.91 Å². The lowest BCUT2D eigenvalue weighted by molar-refractivity contribution is -0.111. The van der Waals surface area contributed by atoms with Crippen molar-refractivity contribution in [1.29, 1.82) is 0 Å². The van der Waals surface area contributed by atoms with Gasteiger partial charge in [0.25, 0.3) is 0 Å². The van der Waals surface area contributed by atoms with Crippen molar-refractivity contribution < 1.29 is 14.7 Å². The van der Waals surface area contributed by atoms with E-state index >= 15 is 0 Å². The number of nitrogens with one attached hydrogen (secondary N) is 1. The van der Waals surface area contributed by atoms with Crippen LogP contribution in [0.2, 0.25) is 0 Å². The molecule has 17 heavy (non-hydrogen) atoms. The first-order valence-electron chi connectivity index (χ1n) is 5.20. The molecule has 2 N–H and O–H groups in total. The Bertz CT molecular complexity index is 485. The largest absolute Gasteiger partial charge is 0.478 e. The smallest absolute Gasteiger partial charge is 0.335 e. The van der Waals surface area contributed by atoms with E-state index in [0.29, 0.717) is 11.3 Å². The minimum absolute atomic E-state index is 0.215. The van der Waals surface area contributed by atoms with E-state index in [9.17, 15) is 9.59 Å². The van der Waals surface area contributed by atoms with Crippen LogP contribution in [-0.4, -0.2) is 17.0 Å².